The lowest BCUT2D eigenvalue weighted by Gasteiger charge is -2.19. The largest absolute Gasteiger partial charge is 0.416 e. The lowest BCUT2D eigenvalue weighted by molar-refractivity contribution is -0.137. The van der Waals surface area contributed by atoms with Crippen molar-refractivity contribution >= 4 is 33.3 Å². The van der Waals surface area contributed by atoms with Crippen LogP contribution >= 0.6 is 10.7 Å². The summed E-state index contributed by atoms with van der Waals surface area (Å²) in [5.41, 5.74) is 1.30. The molecule has 2 atom stereocenters. The number of nitrogens with zero attached hydrogens (tertiary/aromatic N) is 3. The van der Waals surface area contributed by atoms with Crippen molar-refractivity contribution in [2.45, 2.75) is 25.7 Å². The normalized spacial score (nSPS) is 19.2. The van der Waals surface area contributed by atoms with Crippen LogP contribution in [0.2, 0.25) is 0 Å². The maximum Gasteiger partial charge on any atom is 0.416 e. The summed E-state index contributed by atoms with van der Waals surface area (Å²) in [5.74, 6) is -0.111. The van der Waals surface area contributed by atoms with Crippen molar-refractivity contribution in [1.29, 1.82) is 0 Å². The highest BCUT2D eigenvalue weighted by molar-refractivity contribution is 8.12. The molecule has 0 aromatic heterocycles. The SMILES string of the molecule is C/C=S(\C)NCCCNC1C(C(=Nc2cccc(C(F)(F)F)c2)NO)=NON1C. The fourth-order valence-corrected chi connectivity index (χ4v) is 3.07. The number of hydrogen-bond donors (Lipinski definition) is 4. The molecule has 29 heavy (non-hydrogen) atoms. The van der Waals surface area contributed by atoms with Crippen LogP contribution in [0.1, 0.15) is 18.9 Å². The highest BCUT2D eigenvalue weighted by atomic mass is 32.2. The second-order valence-corrected chi connectivity index (χ2v) is 8.00. The number of hydrogen-bond acceptors (Lipinski definition) is 7. The van der Waals surface area contributed by atoms with Crippen LogP contribution in [0.5, 0.6) is 0 Å². The van der Waals surface area contributed by atoms with Gasteiger partial charge in [-0.05, 0) is 44.3 Å². The van der Waals surface area contributed by atoms with Crippen molar-refractivity contribution in [3.8, 4) is 0 Å². The maximum atomic E-state index is 12.9. The van der Waals surface area contributed by atoms with Crippen LogP contribution < -0.4 is 15.5 Å². The van der Waals surface area contributed by atoms with Crippen LogP contribution in [0.4, 0.5) is 18.9 Å². The van der Waals surface area contributed by atoms with Crippen LogP contribution in [-0.2, 0) is 11.1 Å². The molecule has 0 spiro atoms. The third kappa shape index (κ3) is 6.78. The van der Waals surface area contributed by atoms with Gasteiger partial charge in [0, 0.05) is 13.6 Å². The van der Waals surface area contributed by atoms with Crippen molar-refractivity contribution in [3.63, 3.8) is 0 Å². The number of alkyl halides is 3. The highest BCUT2D eigenvalue weighted by Gasteiger charge is 2.33. The van der Waals surface area contributed by atoms with Gasteiger partial charge >= 0.3 is 6.18 Å². The van der Waals surface area contributed by atoms with Gasteiger partial charge < -0.3 is 0 Å². The van der Waals surface area contributed by atoms with Gasteiger partial charge in [-0.2, -0.15) is 13.2 Å². The first-order valence-corrected chi connectivity index (χ1v) is 10.5. The smallest absolute Gasteiger partial charge is 0.295 e. The Bertz CT molecular complexity index is 785. The minimum atomic E-state index is -4.49. The number of benzene rings is 1. The number of halogens is 3. The Labute approximate surface area is 169 Å². The van der Waals surface area contributed by atoms with Crippen LogP contribution in [-0.4, -0.2) is 59.7 Å². The number of amidine groups is 1. The van der Waals surface area contributed by atoms with E-state index in [1.54, 1.807) is 7.05 Å². The average molecular weight is 434 g/mol. The summed E-state index contributed by atoms with van der Waals surface area (Å²) in [6.07, 6.45) is -2.11. The van der Waals surface area contributed by atoms with Gasteiger partial charge in [-0.3, -0.25) is 25.7 Å². The standard InChI is InChI=1S/C17H25F3N6O2S/c1-4-29(3)22-10-6-9-21-16-14(25-28-26(16)2)15(24-27)23-13-8-5-7-12(11-13)17(18,19)20/h4-5,7-8,11,16,21-22,27H,6,9-10H2,1-3H3,(H,23,24). The monoisotopic (exact) mass is 434 g/mol. The van der Waals surface area contributed by atoms with E-state index in [0.29, 0.717) is 6.54 Å². The lowest BCUT2D eigenvalue weighted by Crippen LogP contribution is -2.50. The summed E-state index contributed by atoms with van der Waals surface area (Å²) in [4.78, 5) is 9.18. The van der Waals surface area contributed by atoms with Gasteiger partial charge in [0.05, 0.1) is 11.3 Å². The van der Waals surface area contributed by atoms with Crippen LogP contribution in [0.25, 0.3) is 0 Å². The van der Waals surface area contributed by atoms with E-state index in [4.69, 9.17) is 4.94 Å². The fourth-order valence-electron chi connectivity index (χ4n) is 2.44. The molecule has 4 N–H and O–H groups in total. The van der Waals surface area contributed by atoms with Gasteiger partial charge in [0.15, 0.2) is 11.5 Å². The number of hydroxylamine groups is 3. The Kier molecular flexibility index (Phi) is 8.59. The molecule has 8 nitrogen and oxygen atoms in total. The van der Waals surface area contributed by atoms with Crippen LogP contribution in [0.3, 0.4) is 0 Å². The molecule has 1 aromatic carbocycles. The second kappa shape index (κ2) is 10.7. The molecule has 0 fully saturated rings. The second-order valence-electron chi connectivity index (χ2n) is 6.12. The zero-order chi connectivity index (χ0) is 21.4. The van der Waals surface area contributed by atoms with Crippen molar-refractivity contribution in [3.05, 3.63) is 29.8 Å². The quantitative estimate of drug-likeness (QED) is 0.165. The van der Waals surface area contributed by atoms with Gasteiger partial charge in [0.2, 0.25) is 0 Å². The molecular weight excluding hydrogens is 409 g/mol. The third-order valence-corrected chi connectivity index (χ3v) is 5.39. The first kappa shape index (κ1) is 23.3. The number of nitrogens with one attached hydrogen (secondary N) is 3. The highest BCUT2D eigenvalue weighted by Crippen LogP contribution is 2.31. The summed E-state index contributed by atoms with van der Waals surface area (Å²) < 4.78 is 42.0. The Morgan fingerprint density at radius 2 is 2.17 bits per heavy atom. The molecule has 0 saturated heterocycles. The number of aliphatic imine (C=N–C) groups is 1. The van der Waals surface area contributed by atoms with E-state index in [0.717, 1.165) is 25.1 Å². The van der Waals surface area contributed by atoms with Crippen molar-refractivity contribution < 1.29 is 23.3 Å². The van der Waals surface area contributed by atoms with Crippen molar-refractivity contribution in [2.75, 3.05) is 26.4 Å². The topological polar surface area (TPSA) is 93.5 Å². The van der Waals surface area contributed by atoms with E-state index in [1.165, 1.54) is 17.2 Å². The molecule has 2 rings (SSSR count). The zero-order valence-electron chi connectivity index (χ0n) is 16.3. The van der Waals surface area contributed by atoms with E-state index < -0.39 is 17.9 Å². The first-order chi connectivity index (χ1) is 13.8. The molecule has 162 valence electrons. The molecule has 12 heteroatoms. The van der Waals surface area contributed by atoms with E-state index in [1.807, 2.05) is 12.4 Å². The van der Waals surface area contributed by atoms with Gasteiger partial charge in [-0.15, -0.1) is 10.7 Å². The summed E-state index contributed by atoms with van der Waals surface area (Å²) in [7, 11) is 1.70. The number of oxime groups is 1. The Morgan fingerprint density at radius 1 is 1.41 bits per heavy atom. The molecule has 1 heterocycles. The molecule has 2 unspecified atom stereocenters. The Hall–Kier alpha value is -1.99. The van der Waals surface area contributed by atoms with Gasteiger partial charge in [-0.1, -0.05) is 21.7 Å². The predicted molar refractivity (Wildman–Crippen MR) is 109 cm³/mol. The van der Waals surface area contributed by atoms with Crippen molar-refractivity contribution in [2.24, 2.45) is 10.1 Å². The summed E-state index contributed by atoms with van der Waals surface area (Å²) in [6.45, 7) is 3.42. The van der Waals surface area contributed by atoms with Crippen molar-refractivity contribution in [1.82, 2.24) is 20.6 Å². The van der Waals surface area contributed by atoms with E-state index in [2.05, 4.69) is 31.8 Å². The van der Waals surface area contributed by atoms with Gasteiger partial charge in [0.25, 0.3) is 0 Å². The van der Waals surface area contributed by atoms with E-state index in [-0.39, 0.29) is 27.9 Å². The molecule has 0 amide bonds. The predicted octanol–water partition coefficient (Wildman–Crippen LogP) is 2.48. The molecule has 0 bridgehead atoms. The molecular formula is C17H25F3N6O2S. The molecule has 1 aliphatic rings. The fraction of sp³-hybridized carbons (Fsp3) is 0.471. The van der Waals surface area contributed by atoms with E-state index >= 15 is 0 Å². The number of rotatable bonds is 8. The molecule has 1 aromatic rings. The third-order valence-electron chi connectivity index (χ3n) is 4.03. The van der Waals surface area contributed by atoms with Gasteiger partial charge in [-0.25, -0.2) is 4.99 Å². The maximum absolute atomic E-state index is 12.9. The Morgan fingerprint density at radius 3 is 2.83 bits per heavy atom. The molecule has 0 radical (unpaired) electrons. The summed E-state index contributed by atoms with van der Waals surface area (Å²) in [6, 6.07) is 4.48. The summed E-state index contributed by atoms with van der Waals surface area (Å²) >= 11 is 0. The Balaban J connectivity index is 2.08. The van der Waals surface area contributed by atoms with Crippen LogP contribution in [0.15, 0.2) is 34.4 Å². The van der Waals surface area contributed by atoms with E-state index in [9.17, 15) is 18.4 Å². The minimum absolute atomic E-state index is 0.0161. The zero-order valence-corrected chi connectivity index (χ0v) is 17.1. The minimum Gasteiger partial charge on any atom is -0.295 e. The lowest BCUT2D eigenvalue weighted by atomic mass is 10.2. The molecule has 0 saturated carbocycles. The first-order valence-electron chi connectivity index (χ1n) is 8.81. The van der Waals surface area contributed by atoms with Crippen LogP contribution in [0, 0.1) is 0 Å². The van der Waals surface area contributed by atoms with Gasteiger partial charge in [0.1, 0.15) is 6.17 Å². The molecule has 0 aliphatic carbocycles. The summed E-state index contributed by atoms with van der Waals surface area (Å²) in [5, 5.41) is 20.1. The average Bonchev–Trinajstić information content (AvgIpc) is 3.05. The molecule has 1 aliphatic heterocycles.